The van der Waals surface area contributed by atoms with E-state index in [2.05, 4.69) is 55.4 Å². The number of carbonyl (C=O) groups is 1. The molecule has 1 heterocycles. The van der Waals surface area contributed by atoms with Crippen molar-refractivity contribution in [3.8, 4) is 11.5 Å². The Morgan fingerprint density at radius 2 is 2.18 bits per heavy atom. The van der Waals surface area contributed by atoms with Gasteiger partial charge in [-0.1, -0.05) is 34.7 Å². The summed E-state index contributed by atoms with van der Waals surface area (Å²) in [6, 6.07) is 11.4. The van der Waals surface area contributed by atoms with Crippen molar-refractivity contribution in [3.63, 3.8) is 0 Å². The van der Waals surface area contributed by atoms with Crippen molar-refractivity contribution in [2.24, 2.45) is 4.99 Å². The van der Waals surface area contributed by atoms with Crippen molar-refractivity contribution in [1.29, 1.82) is 0 Å². The van der Waals surface area contributed by atoms with Crippen LogP contribution in [0.5, 0.6) is 11.5 Å². The van der Waals surface area contributed by atoms with E-state index >= 15 is 0 Å². The number of carbonyl (C=O) groups excluding carboxylic acids is 1. The molecular formula is C20H16BrIN2O3S. The summed E-state index contributed by atoms with van der Waals surface area (Å²) < 4.78 is 12.9. The summed E-state index contributed by atoms with van der Waals surface area (Å²) in [5.74, 6) is 1.08. The molecule has 1 amide bonds. The van der Waals surface area contributed by atoms with Crippen LogP contribution in [-0.4, -0.2) is 24.8 Å². The molecule has 1 aliphatic rings. The predicted molar refractivity (Wildman–Crippen MR) is 126 cm³/mol. The zero-order chi connectivity index (χ0) is 20.1. The molecular weight excluding hydrogens is 555 g/mol. The molecule has 0 aliphatic carbocycles. The maximum Gasteiger partial charge on any atom is 0.264 e. The molecule has 0 spiro atoms. The van der Waals surface area contributed by atoms with E-state index < -0.39 is 0 Å². The lowest BCUT2D eigenvalue weighted by molar-refractivity contribution is -0.115. The highest BCUT2D eigenvalue weighted by Crippen LogP contribution is 2.36. The van der Waals surface area contributed by atoms with Crippen LogP contribution in [0, 0.1) is 3.57 Å². The van der Waals surface area contributed by atoms with Crippen molar-refractivity contribution in [1.82, 2.24) is 5.32 Å². The van der Waals surface area contributed by atoms with E-state index in [0.717, 1.165) is 19.3 Å². The van der Waals surface area contributed by atoms with E-state index in [0.29, 0.717) is 28.2 Å². The summed E-state index contributed by atoms with van der Waals surface area (Å²) in [5, 5.41) is 3.34. The van der Waals surface area contributed by atoms with Gasteiger partial charge in [-0.2, -0.15) is 0 Å². The van der Waals surface area contributed by atoms with Gasteiger partial charge in [0, 0.05) is 4.47 Å². The van der Waals surface area contributed by atoms with E-state index in [4.69, 9.17) is 9.47 Å². The lowest BCUT2D eigenvalue weighted by Crippen LogP contribution is -2.19. The number of ether oxygens (including phenoxy) is 2. The molecule has 0 saturated carbocycles. The molecule has 0 atom stereocenters. The molecule has 0 bridgehead atoms. The number of methoxy groups -OCH3 is 1. The van der Waals surface area contributed by atoms with Crippen molar-refractivity contribution in [3.05, 3.63) is 67.6 Å². The van der Waals surface area contributed by atoms with Crippen molar-refractivity contribution in [2.75, 3.05) is 13.7 Å². The van der Waals surface area contributed by atoms with Crippen LogP contribution in [0.3, 0.4) is 0 Å². The molecule has 3 rings (SSSR count). The minimum absolute atomic E-state index is 0.181. The lowest BCUT2D eigenvalue weighted by Gasteiger charge is -2.12. The van der Waals surface area contributed by atoms with Crippen LogP contribution in [-0.2, 0) is 4.79 Å². The molecule has 2 aromatic carbocycles. The van der Waals surface area contributed by atoms with E-state index in [1.54, 1.807) is 13.2 Å². The van der Waals surface area contributed by atoms with Crippen LogP contribution < -0.4 is 14.8 Å². The Bertz CT molecular complexity index is 991. The van der Waals surface area contributed by atoms with Gasteiger partial charge in [0.05, 0.1) is 21.3 Å². The fraction of sp³-hybridized carbons (Fsp3) is 0.100. The van der Waals surface area contributed by atoms with Crippen LogP contribution in [0.1, 0.15) is 5.56 Å². The Hall–Kier alpha value is -1.78. The molecule has 1 saturated heterocycles. The van der Waals surface area contributed by atoms with Gasteiger partial charge in [0.25, 0.3) is 5.91 Å². The van der Waals surface area contributed by atoms with Crippen molar-refractivity contribution < 1.29 is 14.3 Å². The normalized spacial score (nSPS) is 16.3. The second-order valence-corrected chi connectivity index (χ2v) is 8.70. The minimum Gasteiger partial charge on any atom is -0.493 e. The number of rotatable bonds is 6. The topological polar surface area (TPSA) is 59.9 Å². The molecule has 1 aliphatic heterocycles. The first-order valence-corrected chi connectivity index (χ1v) is 10.9. The molecule has 0 radical (unpaired) electrons. The number of amidine groups is 1. The molecule has 1 fully saturated rings. The van der Waals surface area contributed by atoms with Gasteiger partial charge in [0.2, 0.25) is 0 Å². The number of nitrogens with zero attached hydrogens (tertiary/aromatic N) is 1. The summed E-state index contributed by atoms with van der Waals surface area (Å²) in [7, 11) is 1.59. The summed E-state index contributed by atoms with van der Waals surface area (Å²) >= 11 is 6.90. The Labute approximate surface area is 189 Å². The van der Waals surface area contributed by atoms with E-state index in [1.165, 1.54) is 11.8 Å². The maximum atomic E-state index is 12.3. The maximum absolute atomic E-state index is 12.3. The average molecular weight is 571 g/mol. The third-order valence-corrected chi connectivity index (χ3v) is 5.79. The molecule has 0 unspecified atom stereocenters. The van der Waals surface area contributed by atoms with E-state index in [9.17, 15) is 4.79 Å². The van der Waals surface area contributed by atoms with Crippen LogP contribution >= 0.6 is 50.3 Å². The molecule has 0 aromatic heterocycles. The second kappa shape index (κ2) is 9.62. The van der Waals surface area contributed by atoms with Crippen molar-refractivity contribution >= 4 is 73.1 Å². The zero-order valence-electron chi connectivity index (χ0n) is 14.9. The monoisotopic (exact) mass is 570 g/mol. The molecule has 2 aromatic rings. The molecule has 1 N–H and O–H groups in total. The van der Waals surface area contributed by atoms with Gasteiger partial charge in [0.1, 0.15) is 6.61 Å². The number of hydrogen-bond donors (Lipinski definition) is 1. The number of benzene rings is 2. The Kier molecular flexibility index (Phi) is 7.19. The van der Waals surface area contributed by atoms with Gasteiger partial charge in [-0.25, -0.2) is 4.99 Å². The van der Waals surface area contributed by atoms with Crippen LogP contribution in [0.15, 0.2) is 63.4 Å². The van der Waals surface area contributed by atoms with Crippen LogP contribution in [0.4, 0.5) is 5.69 Å². The van der Waals surface area contributed by atoms with Gasteiger partial charge < -0.3 is 14.8 Å². The highest BCUT2D eigenvalue weighted by atomic mass is 127. The highest BCUT2D eigenvalue weighted by molar-refractivity contribution is 14.1. The summed E-state index contributed by atoms with van der Waals surface area (Å²) in [4.78, 5) is 17.4. The summed E-state index contributed by atoms with van der Waals surface area (Å²) in [6.07, 6.45) is 3.49. The number of amides is 1. The van der Waals surface area contributed by atoms with Gasteiger partial charge in [-0.3, -0.25) is 4.79 Å². The molecule has 144 valence electrons. The minimum atomic E-state index is -0.181. The Morgan fingerprint density at radius 3 is 2.89 bits per heavy atom. The van der Waals surface area contributed by atoms with E-state index in [1.807, 2.05) is 42.5 Å². The quantitative estimate of drug-likeness (QED) is 0.282. The summed E-state index contributed by atoms with van der Waals surface area (Å²) in [6.45, 7) is 4.05. The van der Waals surface area contributed by atoms with Crippen LogP contribution in [0.25, 0.3) is 6.08 Å². The van der Waals surface area contributed by atoms with Crippen molar-refractivity contribution in [2.45, 2.75) is 0 Å². The zero-order valence-corrected chi connectivity index (χ0v) is 19.4. The predicted octanol–water partition coefficient (Wildman–Crippen LogP) is 5.52. The summed E-state index contributed by atoms with van der Waals surface area (Å²) in [5.41, 5.74) is 1.60. The standard InChI is InChI=1S/C20H16BrIN2O3S/c1-3-7-27-18-15(22)8-12(9-16(18)26-2)10-17-19(25)24-20(28-17)23-14-6-4-5-13(21)11-14/h3-6,8-11H,1,7H2,2H3,(H,23,24,25)/b17-10+. The van der Waals surface area contributed by atoms with Gasteiger partial charge in [0.15, 0.2) is 16.7 Å². The van der Waals surface area contributed by atoms with Gasteiger partial charge >= 0.3 is 0 Å². The third-order valence-electron chi connectivity index (χ3n) is 3.58. The first kappa shape index (κ1) is 20.9. The lowest BCUT2D eigenvalue weighted by atomic mass is 10.2. The first-order valence-electron chi connectivity index (χ1n) is 8.16. The SMILES string of the molecule is C=CCOc1c(I)cc(/C=C2/SC(=Nc3cccc(Br)c3)NC2=O)cc1OC. The number of thioether (sulfide) groups is 1. The smallest absolute Gasteiger partial charge is 0.264 e. The average Bonchev–Trinajstić information content (AvgIpc) is 2.99. The number of nitrogens with one attached hydrogen (secondary N) is 1. The van der Waals surface area contributed by atoms with Gasteiger partial charge in [-0.15, -0.1) is 0 Å². The number of hydrogen-bond acceptors (Lipinski definition) is 5. The Morgan fingerprint density at radius 1 is 1.36 bits per heavy atom. The fourth-order valence-corrected chi connectivity index (χ4v) is 4.41. The molecule has 8 heteroatoms. The Balaban J connectivity index is 1.86. The number of aliphatic imine (C=N–C) groups is 1. The number of halogens is 2. The van der Waals surface area contributed by atoms with E-state index in [-0.39, 0.29) is 5.91 Å². The fourth-order valence-electron chi connectivity index (χ4n) is 2.40. The third kappa shape index (κ3) is 5.18. The molecule has 5 nitrogen and oxygen atoms in total. The highest BCUT2D eigenvalue weighted by Gasteiger charge is 2.24. The van der Waals surface area contributed by atoms with Gasteiger partial charge in [-0.05, 0) is 76.3 Å². The first-order chi connectivity index (χ1) is 13.5. The largest absolute Gasteiger partial charge is 0.493 e. The van der Waals surface area contributed by atoms with Crippen LogP contribution in [0.2, 0.25) is 0 Å². The second-order valence-electron chi connectivity index (χ2n) is 5.60. The molecule has 28 heavy (non-hydrogen) atoms.